The predicted octanol–water partition coefficient (Wildman–Crippen LogP) is 3.76. The number of hydrogen-bond donors (Lipinski definition) is 1. The molecule has 0 saturated heterocycles. The van der Waals surface area contributed by atoms with E-state index >= 15 is 0 Å². The molecular formula is C20H14ClN3O4S. The second-order valence-electron chi connectivity index (χ2n) is 6.01. The van der Waals surface area contributed by atoms with Crippen LogP contribution >= 0.6 is 11.6 Å². The first kappa shape index (κ1) is 20.3. The Morgan fingerprint density at radius 2 is 1.86 bits per heavy atom. The van der Waals surface area contributed by atoms with E-state index in [-0.39, 0.29) is 11.3 Å². The first-order chi connectivity index (χ1) is 13.7. The average molecular weight is 428 g/mol. The number of pyridine rings is 1. The van der Waals surface area contributed by atoms with Gasteiger partial charge in [-0.05, 0) is 54.6 Å². The molecule has 1 N–H and O–H groups in total. The van der Waals surface area contributed by atoms with Gasteiger partial charge >= 0.3 is 0 Å². The molecule has 3 rings (SSSR count). The average Bonchev–Trinajstić information content (AvgIpc) is 2.69. The SMILES string of the molecule is CS(=O)(=O)NC(=O)c1ccc(Oc2ccc(Cl)cc2)c(-c2ccc(C#N)nc2)c1. The number of benzene rings is 2. The van der Waals surface area contributed by atoms with E-state index in [0.29, 0.717) is 27.6 Å². The van der Waals surface area contributed by atoms with Gasteiger partial charge in [-0.25, -0.2) is 18.1 Å². The number of amides is 1. The summed E-state index contributed by atoms with van der Waals surface area (Å²) in [4.78, 5) is 16.3. The van der Waals surface area contributed by atoms with Crippen molar-refractivity contribution in [3.05, 3.63) is 77.1 Å². The number of ether oxygens (including phenoxy) is 1. The molecule has 1 heterocycles. The van der Waals surface area contributed by atoms with Crippen LogP contribution in [0.1, 0.15) is 16.1 Å². The van der Waals surface area contributed by atoms with Gasteiger partial charge in [0.25, 0.3) is 5.91 Å². The second-order valence-corrected chi connectivity index (χ2v) is 8.20. The molecule has 1 aromatic heterocycles. The molecule has 0 aliphatic carbocycles. The Balaban J connectivity index is 2.05. The number of sulfonamides is 1. The minimum Gasteiger partial charge on any atom is -0.457 e. The molecule has 0 fully saturated rings. The van der Waals surface area contributed by atoms with Crippen molar-refractivity contribution in [3.63, 3.8) is 0 Å². The van der Waals surface area contributed by atoms with Crippen molar-refractivity contribution in [2.75, 3.05) is 6.26 Å². The first-order valence-electron chi connectivity index (χ1n) is 8.21. The summed E-state index contributed by atoms with van der Waals surface area (Å²) in [5, 5.41) is 9.50. The molecule has 0 aliphatic heterocycles. The highest BCUT2D eigenvalue weighted by atomic mass is 35.5. The first-order valence-corrected chi connectivity index (χ1v) is 10.5. The van der Waals surface area contributed by atoms with Gasteiger partial charge in [0.05, 0.1) is 6.26 Å². The van der Waals surface area contributed by atoms with Crippen LogP contribution in [-0.4, -0.2) is 25.6 Å². The number of nitriles is 1. The smallest absolute Gasteiger partial charge is 0.264 e. The van der Waals surface area contributed by atoms with Crippen LogP contribution in [0.2, 0.25) is 5.02 Å². The summed E-state index contributed by atoms with van der Waals surface area (Å²) in [7, 11) is -3.71. The molecule has 3 aromatic rings. The number of carbonyl (C=O) groups excluding carboxylic acids is 1. The Bertz CT molecular complexity index is 1200. The Labute approximate surface area is 172 Å². The van der Waals surface area contributed by atoms with Crippen molar-refractivity contribution < 1.29 is 17.9 Å². The number of carbonyl (C=O) groups is 1. The molecule has 7 nitrogen and oxygen atoms in total. The maximum atomic E-state index is 12.2. The van der Waals surface area contributed by atoms with Gasteiger partial charge in [-0.1, -0.05) is 11.6 Å². The van der Waals surface area contributed by atoms with Crippen molar-refractivity contribution in [2.45, 2.75) is 0 Å². The van der Waals surface area contributed by atoms with Gasteiger partial charge in [-0.2, -0.15) is 5.26 Å². The zero-order chi connectivity index (χ0) is 21.0. The molecule has 29 heavy (non-hydrogen) atoms. The molecule has 1 amide bonds. The van der Waals surface area contributed by atoms with Gasteiger partial charge in [-0.3, -0.25) is 4.79 Å². The number of nitrogens with zero attached hydrogens (tertiary/aromatic N) is 2. The van der Waals surface area contributed by atoms with E-state index in [1.165, 1.54) is 24.4 Å². The van der Waals surface area contributed by atoms with Crippen LogP contribution in [0.25, 0.3) is 11.1 Å². The number of aromatic nitrogens is 1. The van der Waals surface area contributed by atoms with Gasteiger partial charge < -0.3 is 4.74 Å². The molecule has 9 heteroatoms. The Kier molecular flexibility index (Phi) is 5.82. The summed E-state index contributed by atoms with van der Waals surface area (Å²) in [5.41, 5.74) is 1.44. The summed E-state index contributed by atoms with van der Waals surface area (Å²) >= 11 is 5.90. The van der Waals surface area contributed by atoms with Crippen LogP contribution in [0.3, 0.4) is 0 Å². The highest BCUT2D eigenvalue weighted by Gasteiger charge is 2.16. The van der Waals surface area contributed by atoms with Crippen molar-refractivity contribution >= 4 is 27.5 Å². The molecule has 0 spiro atoms. The third-order valence-corrected chi connectivity index (χ3v) is 4.56. The van der Waals surface area contributed by atoms with E-state index in [0.717, 1.165) is 6.26 Å². The van der Waals surface area contributed by atoms with Crippen molar-refractivity contribution in [1.29, 1.82) is 5.26 Å². The maximum Gasteiger partial charge on any atom is 0.264 e. The topological polar surface area (TPSA) is 109 Å². The van der Waals surface area contributed by atoms with Crippen LogP contribution in [-0.2, 0) is 10.0 Å². The van der Waals surface area contributed by atoms with E-state index in [1.807, 2.05) is 10.8 Å². The minimum absolute atomic E-state index is 0.123. The molecule has 0 aliphatic rings. The summed E-state index contributed by atoms with van der Waals surface area (Å²) in [6.07, 6.45) is 2.37. The Hall–Kier alpha value is -3.41. The highest BCUT2D eigenvalue weighted by molar-refractivity contribution is 7.89. The number of rotatable bonds is 5. The fourth-order valence-electron chi connectivity index (χ4n) is 2.46. The zero-order valence-electron chi connectivity index (χ0n) is 15.1. The van der Waals surface area contributed by atoms with Crippen LogP contribution in [0.15, 0.2) is 60.8 Å². The second kappa shape index (κ2) is 8.31. The van der Waals surface area contributed by atoms with Gasteiger partial charge in [-0.15, -0.1) is 0 Å². The molecular weight excluding hydrogens is 414 g/mol. The zero-order valence-corrected chi connectivity index (χ0v) is 16.7. The summed E-state index contributed by atoms with van der Waals surface area (Å²) in [5.74, 6) is 0.161. The fourth-order valence-corrected chi connectivity index (χ4v) is 3.04. The molecule has 0 unspecified atom stereocenters. The van der Waals surface area contributed by atoms with Gasteiger partial charge in [0, 0.05) is 27.9 Å². The summed E-state index contributed by atoms with van der Waals surface area (Å²) in [6.45, 7) is 0. The molecule has 2 aromatic carbocycles. The summed E-state index contributed by atoms with van der Waals surface area (Å²) < 4.78 is 30.6. The number of nitrogens with one attached hydrogen (secondary N) is 1. The van der Waals surface area contributed by atoms with E-state index in [9.17, 15) is 13.2 Å². The van der Waals surface area contributed by atoms with E-state index in [4.69, 9.17) is 21.6 Å². The molecule has 0 bridgehead atoms. The van der Waals surface area contributed by atoms with Gasteiger partial charge in [0.2, 0.25) is 10.0 Å². The third kappa shape index (κ3) is 5.31. The standard InChI is InChI=1S/C20H14ClN3O4S/c1-29(26,27)24-20(25)13-3-9-19(28-17-7-4-15(21)5-8-17)18(10-13)14-2-6-16(11-22)23-12-14/h2-10,12H,1H3,(H,24,25). The van der Waals surface area contributed by atoms with E-state index in [2.05, 4.69) is 4.98 Å². The van der Waals surface area contributed by atoms with E-state index < -0.39 is 15.9 Å². The Morgan fingerprint density at radius 1 is 1.14 bits per heavy atom. The normalized spacial score (nSPS) is 10.8. The Morgan fingerprint density at radius 3 is 2.45 bits per heavy atom. The fraction of sp³-hybridized carbons (Fsp3) is 0.0500. The lowest BCUT2D eigenvalue weighted by Crippen LogP contribution is -2.29. The number of halogens is 1. The minimum atomic E-state index is -3.71. The third-order valence-electron chi connectivity index (χ3n) is 3.75. The highest BCUT2D eigenvalue weighted by Crippen LogP contribution is 2.34. The quantitative estimate of drug-likeness (QED) is 0.664. The largest absolute Gasteiger partial charge is 0.457 e. The van der Waals surface area contributed by atoms with Gasteiger partial charge in [0.1, 0.15) is 23.3 Å². The van der Waals surface area contributed by atoms with Crippen LogP contribution in [0.5, 0.6) is 11.5 Å². The lowest BCUT2D eigenvalue weighted by atomic mass is 10.0. The van der Waals surface area contributed by atoms with E-state index in [1.54, 1.807) is 36.4 Å². The number of hydrogen-bond acceptors (Lipinski definition) is 6. The van der Waals surface area contributed by atoms with Crippen LogP contribution in [0, 0.1) is 11.3 Å². The van der Waals surface area contributed by atoms with Crippen molar-refractivity contribution in [3.8, 4) is 28.7 Å². The van der Waals surface area contributed by atoms with Gasteiger partial charge in [0.15, 0.2) is 0 Å². The maximum absolute atomic E-state index is 12.2. The molecule has 0 saturated carbocycles. The monoisotopic (exact) mass is 427 g/mol. The van der Waals surface area contributed by atoms with Crippen molar-refractivity contribution in [2.24, 2.45) is 0 Å². The summed E-state index contributed by atoms with van der Waals surface area (Å²) in [6, 6.07) is 16.4. The van der Waals surface area contributed by atoms with Crippen LogP contribution < -0.4 is 9.46 Å². The molecule has 146 valence electrons. The van der Waals surface area contributed by atoms with Crippen molar-refractivity contribution in [1.82, 2.24) is 9.71 Å². The molecule has 0 radical (unpaired) electrons. The lowest BCUT2D eigenvalue weighted by Gasteiger charge is -2.13. The van der Waals surface area contributed by atoms with Crippen LogP contribution in [0.4, 0.5) is 0 Å². The molecule has 0 atom stereocenters. The predicted molar refractivity (Wildman–Crippen MR) is 108 cm³/mol. The lowest BCUT2D eigenvalue weighted by molar-refractivity contribution is 0.0981.